The van der Waals surface area contributed by atoms with E-state index >= 15 is 0 Å². The van der Waals surface area contributed by atoms with Gasteiger partial charge in [-0.05, 0) is 43.8 Å². The third-order valence-corrected chi connectivity index (χ3v) is 5.07. The summed E-state index contributed by atoms with van der Waals surface area (Å²) in [6.45, 7) is 3.53. The highest BCUT2D eigenvalue weighted by Crippen LogP contribution is 2.16. The number of carbonyl (C=O) groups excluding carboxylic acids is 2. The second-order valence-electron chi connectivity index (χ2n) is 7.63. The zero-order chi connectivity index (χ0) is 19.9. The molecule has 0 radical (unpaired) electrons. The van der Waals surface area contributed by atoms with Crippen LogP contribution in [0, 0.1) is 0 Å². The highest BCUT2D eigenvalue weighted by Gasteiger charge is 2.20. The van der Waals surface area contributed by atoms with Crippen molar-refractivity contribution < 1.29 is 9.59 Å². The molecule has 2 amide bonds. The first-order valence-corrected chi connectivity index (χ1v) is 9.87. The van der Waals surface area contributed by atoms with Gasteiger partial charge in [-0.25, -0.2) is 0 Å². The van der Waals surface area contributed by atoms with Gasteiger partial charge in [0, 0.05) is 44.7 Å². The minimum atomic E-state index is 0.0366. The van der Waals surface area contributed by atoms with Crippen LogP contribution in [0.4, 0.5) is 0 Å². The molecule has 0 bridgehead atoms. The number of nitrogens with zero attached hydrogens (tertiary/aromatic N) is 3. The predicted octanol–water partition coefficient (Wildman–Crippen LogP) is 3.01. The second kappa shape index (κ2) is 9.51. The van der Waals surface area contributed by atoms with E-state index in [0.717, 1.165) is 30.6 Å². The van der Waals surface area contributed by atoms with Gasteiger partial charge in [-0.3, -0.25) is 9.59 Å². The van der Waals surface area contributed by atoms with E-state index < -0.39 is 0 Å². The lowest BCUT2D eigenvalue weighted by Crippen LogP contribution is -2.36. The van der Waals surface area contributed by atoms with Crippen molar-refractivity contribution in [3.8, 4) is 0 Å². The van der Waals surface area contributed by atoms with E-state index in [4.69, 9.17) is 0 Å². The zero-order valence-electron chi connectivity index (χ0n) is 16.8. The number of likely N-dealkylation sites (tertiary alicyclic amines) is 1. The minimum Gasteiger partial charge on any atom is -0.338 e. The molecule has 148 valence electrons. The van der Waals surface area contributed by atoms with Crippen LogP contribution in [0.15, 0.2) is 54.6 Å². The van der Waals surface area contributed by atoms with Crippen LogP contribution in [0.1, 0.15) is 34.3 Å². The largest absolute Gasteiger partial charge is 0.338 e. The van der Waals surface area contributed by atoms with E-state index in [2.05, 4.69) is 4.90 Å². The number of hydrogen-bond donors (Lipinski definition) is 0. The normalized spacial score (nSPS) is 14.0. The molecular formula is C23H29N3O2. The molecule has 1 heterocycles. The van der Waals surface area contributed by atoms with E-state index in [0.29, 0.717) is 31.6 Å². The summed E-state index contributed by atoms with van der Waals surface area (Å²) in [5.41, 5.74) is 2.87. The summed E-state index contributed by atoms with van der Waals surface area (Å²) >= 11 is 0. The Bertz CT molecular complexity index is 787. The first-order valence-electron chi connectivity index (χ1n) is 9.87. The van der Waals surface area contributed by atoms with Gasteiger partial charge in [-0.2, -0.15) is 0 Å². The lowest BCUT2D eigenvalue weighted by molar-refractivity contribution is -0.128. The van der Waals surface area contributed by atoms with E-state index in [-0.39, 0.29) is 11.8 Å². The van der Waals surface area contributed by atoms with Crippen molar-refractivity contribution in [1.82, 2.24) is 14.7 Å². The highest BCUT2D eigenvalue weighted by molar-refractivity contribution is 5.94. The molecule has 0 saturated carbocycles. The molecule has 1 aliphatic heterocycles. The summed E-state index contributed by atoms with van der Waals surface area (Å²) in [7, 11) is 4.03. The molecule has 2 aromatic rings. The Kier molecular flexibility index (Phi) is 6.82. The van der Waals surface area contributed by atoms with Crippen LogP contribution in [0.5, 0.6) is 0 Å². The molecule has 2 aromatic carbocycles. The van der Waals surface area contributed by atoms with Crippen molar-refractivity contribution in [2.24, 2.45) is 0 Å². The Morgan fingerprint density at radius 1 is 0.964 bits per heavy atom. The lowest BCUT2D eigenvalue weighted by Gasteiger charge is -2.25. The molecule has 1 saturated heterocycles. The van der Waals surface area contributed by atoms with Crippen LogP contribution in [-0.4, -0.2) is 60.2 Å². The maximum atomic E-state index is 13.1. The Morgan fingerprint density at radius 2 is 1.68 bits per heavy atom. The van der Waals surface area contributed by atoms with Gasteiger partial charge in [-0.1, -0.05) is 42.5 Å². The molecule has 28 heavy (non-hydrogen) atoms. The number of rotatable bonds is 8. The summed E-state index contributed by atoms with van der Waals surface area (Å²) in [4.78, 5) is 30.8. The molecule has 0 spiro atoms. The van der Waals surface area contributed by atoms with Gasteiger partial charge in [0.2, 0.25) is 5.91 Å². The predicted molar refractivity (Wildman–Crippen MR) is 111 cm³/mol. The van der Waals surface area contributed by atoms with Gasteiger partial charge in [-0.15, -0.1) is 0 Å². The summed E-state index contributed by atoms with van der Waals surface area (Å²) in [6.07, 6.45) is 1.59. The number of benzene rings is 2. The van der Waals surface area contributed by atoms with Gasteiger partial charge < -0.3 is 14.7 Å². The van der Waals surface area contributed by atoms with E-state index in [1.807, 2.05) is 78.5 Å². The van der Waals surface area contributed by atoms with Crippen molar-refractivity contribution >= 4 is 11.8 Å². The van der Waals surface area contributed by atoms with Crippen LogP contribution < -0.4 is 0 Å². The molecule has 0 N–H and O–H groups in total. The zero-order valence-corrected chi connectivity index (χ0v) is 16.8. The quantitative estimate of drug-likeness (QED) is 0.708. The SMILES string of the molecule is CN(C)CCN(Cc1ccccc1)C(=O)c1ccc(CN2CCCC2=O)cc1. The Balaban J connectivity index is 1.69. The fourth-order valence-electron chi connectivity index (χ4n) is 3.40. The molecule has 1 fully saturated rings. The molecule has 0 aliphatic carbocycles. The summed E-state index contributed by atoms with van der Waals surface area (Å²) in [5, 5.41) is 0. The van der Waals surface area contributed by atoms with Crippen LogP contribution in [0.25, 0.3) is 0 Å². The maximum Gasteiger partial charge on any atom is 0.254 e. The van der Waals surface area contributed by atoms with Crippen molar-refractivity contribution in [1.29, 1.82) is 0 Å². The minimum absolute atomic E-state index is 0.0366. The summed E-state index contributed by atoms with van der Waals surface area (Å²) < 4.78 is 0. The van der Waals surface area contributed by atoms with Crippen LogP contribution in [0.2, 0.25) is 0 Å². The number of likely N-dealkylation sites (N-methyl/N-ethyl adjacent to an activating group) is 1. The maximum absolute atomic E-state index is 13.1. The monoisotopic (exact) mass is 379 g/mol. The van der Waals surface area contributed by atoms with Crippen molar-refractivity contribution in [3.63, 3.8) is 0 Å². The summed E-state index contributed by atoms with van der Waals surface area (Å²) in [6, 6.07) is 17.8. The third-order valence-electron chi connectivity index (χ3n) is 5.07. The van der Waals surface area contributed by atoms with E-state index in [9.17, 15) is 9.59 Å². The first kappa shape index (κ1) is 20.1. The number of hydrogen-bond acceptors (Lipinski definition) is 3. The van der Waals surface area contributed by atoms with Crippen molar-refractivity contribution in [3.05, 3.63) is 71.3 Å². The molecule has 0 atom stereocenters. The standard InChI is InChI=1S/C23H29N3O2/c1-24(2)15-16-26(18-19-7-4-3-5-8-19)23(28)21-12-10-20(11-13-21)17-25-14-6-9-22(25)27/h3-5,7-8,10-13H,6,9,14-18H2,1-2H3. The molecule has 0 unspecified atom stereocenters. The fraction of sp³-hybridized carbons (Fsp3) is 0.391. The second-order valence-corrected chi connectivity index (χ2v) is 7.63. The van der Waals surface area contributed by atoms with Crippen LogP contribution in [0.3, 0.4) is 0 Å². The average molecular weight is 380 g/mol. The van der Waals surface area contributed by atoms with E-state index in [1.165, 1.54) is 0 Å². The Morgan fingerprint density at radius 3 is 2.29 bits per heavy atom. The van der Waals surface area contributed by atoms with Crippen molar-refractivity contribution in [2.45, 2.75) is 25.9 Å². The molecule has 1 aliphatic rings. The Hall–Kier alpha value is -2.66. The molecular weight excluding hydrogens is 350 g/mol. The molecule has 5 heteroatoms. The number of carbonyl (C=O) groups is 2. The van der Waals surface area contributed by atoms with Gasteiger partial charge in [0.15, 0.2) is 0 Å². The van der Waals surface area contributed by atoms with Crippen LogP contribution >= 0.6 is 0 Å². The summed E-state index contributed by atoms with van der Waals surface area (Å²) in [5.74, 6) is 0.257. The van der Waals surface area contributed by atoms with Gasteiger partial charge in [0.1, 0.15) is 0 Å². The molecule has 3 rings (SSSR count). The average Bonchev–Trinajstić information content (AvgIpc) is 3.10. The van der Waals surface area contributed by atoms with Crippen LogP contribution in [-0.2, 0) is 17.9 Å². The highest BCUT2D eigenvalue weighted by atomic mass is 16.2. The lowest BCUT2D eigenvalue weighted by atomic mass is 10.1. The third kappa shape index (κ3) is 5.42. The van der Waals surface area contributed by atoms with Crippen molar-refractivity contribution in [2.75, 3.05) is 33.7 Å². The fourth-order valence-corrected chi connectivity index (χ4v) is 3.40. The molecule has 5 nitrogen and oxygen atoms in total. The first-order chi connectivity index (χ1) is 13.5. The Labute approximate surface area is 167 Å². The number of amides is 2. The van der Waals surface area contributed by atoms with Gasteiger partial charge in [0.05, 0.1) is 0 Å². The smallest absolute Gasteiger partial charge is 0.254 e. The molecule has 0 aromatic heterocycles. The topological polar surface area (TPSA) is 43.9 Å². The van der Waals surface area contributed by atoms with Gasteiger partial charge in [0.25, 0.3) is 5.91 Å². The van der Waals surface area contributed by atoms with E-state index in [1.54, 1.807) is 0 Å². The van der Waals surface area contributed by atoms with Gasteiger partial charge >= 0.3 is 0 Å².